The van der Waals surface area contributed by atoms with Crippen LogP contribution in [0.15, 0.2) is 47.5 Å². The van der Waals surface area contributed by atoms with Gasteiger partial charge in [-0.05, 0) is 29.8 Å². The molecule has 1 aromatic heterocycles. The highest BCUT2D eigenvalue weighted by atomic mass is 79.9. The number of aromatic nitrogens is 3. The number of benzene rings is 2. The Bertz CT molecular complexity index is 891. The van der Waals surface area contributed by atoms with Crippen LogP contribution >= 0.6 is 39.1 Å². The molecule has 3 aromatic rings. The van der Waals surface area contributed by atoms with E-state index in [4.69, 9.17) is 32.7 Å². The number of methoxy groups -OCH3 is 1. The number of ether oxygens (including phenoxy) is 2. The van der Waals surface area contributed by atoms with Crippen molar-refractivity contribution in [2.24, 2.45) is 0 Å². The molecule has 0 amide bonds. The fraction of sp³-hybridized carbons (Fsp3) is 0.176. The third-order valence-corrected chi connectivity index (χ3v) is 5.09. The maximum absolute atomic E-state index is 6.07. The molecular formula is C17H15BrCl2N4O2. The van der Waals surface area contributed by atoms with Gasteiger partial charge in [-0.15, -0.1) is 10.2 Å². The average Bonchev–Trinajstić information content (AvgIpc) is 3.15. The highest BCUT2D eigenvalue weighted by molar-refractivity contribution is 9.10. The van der Waals surface area contributed by atoms with Gasteiger partial charge >= 0.3 is 0 Å². The summed E-state index contributed by atoms with van der Waals surface area (Å²) in [6, 6.07) is 9.15. The molecule has 2 aromatic carbocycles. The number of halogens is 3. The Labute approximate surface area is 169 Å². The fourth-order valence-electron chi connectivity index (χ4n) is 2.30. The van der Waals surface area contributed by atoms with E-state index in [-0.39, 0.29) is 0 Å². The van der Waals surface area contributed by atoms with Crippen molar-refractivity contribution in [1.82, 2.24) is 14.9 Å². The first-order chi connectivity index (χ1) is 12.6. The van der Waals surface area contributed by atoms with E-state index in [0.717, 1.165) is 15.6 Å². The first-order valence-electron chi connectivity index (χ1n) is 7.59. The van der Waals surface area contributed by atoms with Crippen LogP contribution in [-0.2, 0) is 13.2 Å². The van der Waals surface area contributed by atoms with E-state index < -0.39 is 0 Å². The van der Waals surface area contributed by atoms with Gasteiger partial charge < -0.3 is 14.9 Å². The molecule has 0 aliphatic heterocycles. The van der Waals surface area contributed by atoms with E-state index in [1.54, 1.807) is 36.6 Å². The summed E-state index contributed by atoms with van der Waals surface area (Å²) in [5.74, 6) is 1.27. The van der Waals surface area contributed by atoms with Crippen LogP contribution in [0.25, 0.3) is 0 Å². The smallest absolute Gasteiger partial charge is 0.167 e. The van der Waals surface area contributed by atoms with Gasteiger partial charge in [-0.1, -0.05) is 45.2 Å². The number of nitrogens with zero attached hydrogens (tertiary/aromatic N) is 3. The van der Waals surface area contributed by atoms with Crippen LogP contribution in [0.4, 0.5) is 0 Å². The van der Waals surface area contributed by atoms with E-state index in [0.29, 0.717) is 34.7 Å². The molecule has 3 rings (SSSR count). The Hall–Kier alpha value is -1.96. The predicted molar refractivity (Wildman–Crippen MR) is 105 cm³/mol. The minimum absolute atomic E-state index is 0.323. The van der Waals surface area contributed by atoms with Crippen LogP contribution in [0, 0.1) is 0 Å². The van der Waals surface area contributed by atoms with Gasteiger partial charge in [-0.3, -0.25) is 0 Å². The molecule has 26 heavy (non-hydrogen) atoms. The standard InChI is InChI=1S/C17H15BrCl2N4O2/c1-25-16-5-3-13(18)12(7-23-24-9-21-22-10-24)17(16)26-8-11-2-4-14(19)15(20)6-11/h2-6,9-10,23H,7-8H2,1H3. The minimum Gasteiger partial charge on any atom is -0.493 e. The van der Waals surface area contributed by atoms with Gasteiger partial charge in [-0.25, -0.2) is 4.68 Å². The average molecular weight is 458 g/mol. The molecule has 0 bridgehead atoms. The summed E-state index contributed by atoms with van der Waals surface area (Å²) in [5.41, 5.74) is 4.98. The number of rotatable bonds is 7. The molecule has 9 heteroatoms. The Morgan fingerprint density at radius 2 is 1.88 bits per heavy atom. The molecule has 0 radical (unpaired) electrons. The van der Waals surface area contributed by atoms with Crippen molar-refractivity contribution < 1.29 is 9.47 Å². The lowest BCUT2D eigenvalue weighted by atomic mass is 10.2. The van der Waals surface area contributed by atoms with Crippen LogP contribution < -0.4 is 14.9 Å². The van der Waals surface area contributed by atoms with Crippen molar-refractivity contribution in [1.29, 1.82) is 0 Å². The minimum atomic E-state index is 0.323. The fourth-order valence-corrected chi connectivity index (χ4v) is 3.08. The van der Waals surface area contributed by atoms with Crippen molar-refractivity contribution in [2.75, 3.05) is 12.5 Å². The van der Waals surface area contributed by atoms with Crippen LogP contribution in [0.2, 0.25) is 10.0 Å². The Morgan fingerprint density at radius 3 is 2.58 bits per heavy atom. The maximum atomic E-state index is 6.07. The zero-order valence-corrected chi connectivity index (χ0v) is 16.8. The van der Waals surface area contributed by atoms with Crippen molar-refractivity contribution >= 4 is 39.1 Å². The molecule has 0 aliphatic rings. The SMILES string of the molecule is COc1ccc(Br)c(CNn2cnnc2)c1OCc1ccc(Cl)c(Cl)c1. The number of hydrogen-bond acceptors (Lipinski definition) is 5. The Balaban J connectivity index is 1.83. The summed E-state index contributed by atoms with van der Waals surface area (Å²) in [6.07, 6.45) is 3.15. The van der Waals surface area contributed by atoms with E-state index in [2.05, 4.69) is 31.6 Å². The molecule has 0 saturated heterocycles. The number of nitrogens with one attached hydrogen (secondary N) is 1. The molecule has 0 spiro atoms. The third kappa shape index (κ3) is 4.41. The van der Waals surface area contributed by atoms with Gasteiger partial charge in [0.15, 0.2) is 11.5 Å². The molecule has 0 aliphatic carbocycles. The predicted octanol–water partition coefficient (Wildman–Crippen LogP) is 4.68. The zero-order valence-electron chi connectivity index (χ0n) is 13.7. The summed E-state index contributed by atoms with van der Waals surface area (Å²) in [7, 11) is 1.60. The molecule has 0 unspecified atom stereocenters. The van der Waals surface area contributed by atoms with E-state index in [9.17, 15) is 0 Å². The largest absolute Gasteiger partial charge is 0.493 e. The lowest BCUT2D eigenvalue weighted by Gasteiger charge is -2.17. The van der Waals surface area contributed by atoms with Crippen LogP contribution in [0.1, 0.15) is 11.1 Å². The van der Waals surface area contributed by atoms with Gasteiger partial charge in [0.05, 0.1) is 23.7 Å². The van der Waals surface area contributed by atoms with E-state index >= 15 is 0 Å². The molecule has 1 N–H and O–H groups in total. The molecule has 0 saturated carbocycles. The molecular weight excluding hydrogens is 443 g/mol. The van der Waals surface area contributed by atoms with Crippen molar-refractivity contribution in [2.45, 2.75) is 13.2 Å². The second-order valence-electron chi connectivity index (χ2n) is 5.30. The Morgan fingerprint density at radius 1 is 1.12 bits per heavy atom. The number of hydrogen-bond donors (Lipinski definition) is 1. The van der Waals surface area contributed by atoms with E-state index in [1.165, 1.54) is 0 Å². The summed E-state index contributed by atoms with van der Waals surface area (Å²) < 4.78 is 14.1. The first-order valence-corrected chi connectivity index (χ1v) is 9.14. The molecule has 0 fully saturated rings. The van der Waals surface area contributed by atoms with Gasteiger partial charge in [-0.2, -0.15) is 0 Å². The van der Waals surface area contributed by atoms with Gasteiger partial charge in [0.1, 0.15) is 19.3 Å². The second-order valence-corrected chi connectivity index (χ2v) is 6.97. The summed E-state index contributed by atoms with van der Waals surface area (Å²) in [5, 5.41) is 8.53. The zero-order chi connectivity index (χ0) is 18.5. The summed E-state index contributed by atoms with van der Waals surface area (Å²) >= 11 is 15.6. The summed E-state index contributed by atoms with van der Waals surface area (Å²) in [6.45, 7) is 0.801. The van der Waals surface area contributed by atoms with Crippen molar-refractivity contribution in [3.05, 3.63) is 68.6 Å². The molecule has 136 valence electrons. The van der Waals surface area contributed by atoms with Crippen LogP contribution in [0.5, 0.6) is 11.5 Å². The topological polar surface area (TPSA) is 61.2 Å². The second kappa shape index (κ2) is 8.62. The van der Waals surface area contributed by atoms with Gasteiger partial charge in [0, 0.05) is 10.0 Å². The highest BCUT2D eigenvalue weighted by Crippen LogP contribution is 2.37. The van der Waals surface area contributed by atoms with Crippen LogP contribution in [-0.4, -0.2) is 22.0 Å². The van der Waals surface area contributed by atoms with Crippen molar-refractivity contribution in [3.63, 3.8) is 0 Å². The monoisotopic (exact) mass is 456 g/mol. The van der Waals surface area contributed by atoms with Gasteiger partial charge in [0.2, 0.25) is 0 Å². The van der Waals surface area contributed by atoms with Gasteiger partial charge in [0.25, 0.3) is 0 Å². The maximum Gasteiger partial charge on any atom is 0.167 e. The lowest BCUT2D eigenvalue weighted by Crippen LogP contribution is -2.14. The first kappa shape index (κ1) is 18.8. The lowest BCUT2D eigenvalue weighted by molar-refractivity contribution is 0.281. The molecule has 6 nitrogen and oxygen atoms in total. The highest BCUT2D eigenvalue weighted by Gasteiger charge is 2.15. The third-order valence-electron chi connectivity index (χ3n) is 3.61. The normalized spacial score (nSPS) is 10.6. The van der Waals surface area contributed by atoms with Crippen molar-refractivity contribution in [3.8, 4) is 11.5 Å². The molecule has 0 atom stereocenters. The van der Waals surface area contributed by atoms with E-state index in [1.807, 2.05) is 18.2 Å². The molecule has 1 heterocycles. The Kier molecular flexibility index (Phi) is 6.24. The quantitative estimate of drug-likeness (QED) is 0.558. The summed E-state index contributed by atoms with van der Waals surface area (Å²) in [4.78, 5) is 0. The van der Waals surface area contributed by atoms with Crippen LogP contribution in [0.3, 0.4) is 0 Å².